The van der Waals surface area contributed by atoms with Crippen molar-refractivity contribution in [2.24, 2.45) is 0 Å². The molecular formula is C18H18ClFN6O9S. The van der Waals surface area contributed by atoms with Crippen LogP contribution in [0.1, 0.15) is 21.8 Å². The number of halogens is 2. The number of aliphatic hydroxyl groups excluding tert-OH is 1. The second kappa shape index (κ2) is 10.6. The Hall–Kier alpha value is -3.51. The van der Waals surface area contributed by atoms with Crippen LogP contribution in [0.25, 0.3) is 11.2 Å². The predicted octanol–water partition coefficient (Wildman–Crippen LogP) is 0.228. The van der Waals surface area contributed by atoms with Crippen LogP contribution in [0.2, 0.25) is 5.28 Å². The first kappa shape index (κ1) is 27.1. The van der Waals surface area contributed by atoms with E-state index >= 15 is 4.39 Å². The maximum atomic E-state index is 15.3. The van der Waals surface area contributed by atoms with Crippen molar-refractivity contribution in [2.45, 2.75) is 30.5 Å². The number of fused-ring (bicyclic) bond motifs is 1. The molecule has 0 aromatic carbocycles. The van der Waals surface area contributed by atoms with E-state index in [1.807, 2.05) is 0 Å². The molecule has 0 saturated heterocycles. The minimum absolute atomic E-state index is 0.000712. The van der Waals surface area contributed by atoms with Gasteiger partial charge in [-0.1, -0.05) is 0 Å². The number of aliphatic hydroxyl groups is 1. The number of methoxy groups -OCH3 is 1. The number of aromatic carboxylic acids is 1. The quantitative estimate of drug-likeness (QED) is 0.150. The van der Waals surface area contributed by atoms with Crippen molar-refractivity contribution < 1.29 is 48.7 Å². The number of aromatic nitrogens is 5. The molecule has 6 N–H and O–H groups in total. The number of thiazole rings is 1. The molecule has 36 heavy (non-hydrogen) atoms. The van der Waals surface area contributed by atoms with Crippen molar-refractivity contribution in [3.63, 3.8) is 0 Å². The Morgan fingerprint density at radius 2 is 1.92 bits per heavy atom. The number of anilines is 1. The van der Waals surface area contributed by atoms with Gasteiger partial charge >= 0.3 is 17.9 Å². The molecule has 18 heteroatoms. The summed E-state index contributed by atoms with van der Waals surface area (Å²) >= 11 is 6.41. The number of nitrogens with zero attached hydrogens (tertiary/aromatic N) is 5. The van der Waals surface area contributed by atoms with Crippen molar-refractivity contribution >= 4 is 57.8 Å². The molecule has 0 unspecified atom stereocenters. The summed E-state index contributed by atoms with van der Waals surface area (Å²) in [5.74, 6) is -5.41. The number of rotatable bonds is 12. The van der Waals surface area contributed by atoms with Crippen molar-refractivity contribution in [3.05, 3.63) is 27.7 Å². The molecule has 3 aromatic rings. The van der Waals surface area contributed by atoms with Crippen molar-refractivity contribution in [2.75, 3.05) is 19.5 Å². The summed E-state index contributed by atoms with van der Waals surface area (Å²) in [6.45, 7) is -0.906. The molecule has 194 valence electrons. The summed E-state index contributed by atoms with van der Waals surface area (Å²) in [5, 5.41) is 39.3. The Kier molecular flexibility index (Phi) is 7.99. The van der Waals surface area contributed by atoms with Gasteiger partial charge in [0.25, 0.3) is 5.60 Å². The van der Waals surface area contributed by atoms with E-state index in [0.717, 1.165) is 23.4 Å². The molecule has 0 aliphatic carbocycles. The third-order valence-corrected chi connectivity index (χ3v) is 6.05. The maximum Gasteiger partial charge on any atom is 0.365 e. The Bertz CT molecular complexity index is 1290. The van der Waals surface area contributed by atoms with Crippen molar-refractivity contribution in [3.8, 4) is 0 Å². The summed E-state index contributed by atoms with van der Waals surface area (Å²) in [5.41, 5.74) is 2.38. The van der Waals surface area contributed by atoms with E-state index in [2.05, 4.69) is 19.9 Å². The molecule has 0 fully saturated rings. The van der Waals surface area contributed by atoms with Crippen molar-refractivity contribution in [1.29, 1.82) is 0 Å². The number of imidazole rings is 1. The van der Waals surface area contributed by atoms with E-state index in [1.54, 1.807) is 0 Å². The highest BCUT2D eigenvalue weighted by Crippen LogP contribution is 2.27. The number of hydrogen-bond acceptors (Lipinski definition) is 12. The molecule has 3 aromatic heterocycles. The van der Waals surface area contributed by atoms with E-state index in [-0.39, 0.29) is 28.0 Å². The second-order valence-electron chi connectivity index (χ2n) is 7.21. The topological polar surface area (TPSA) is 233 Å². The first-order chi connectivity index (χ1) is 16.9. The molecule has 0 aliphatic rings. The van der Waals surface area contributed by atoms with Gasteiger partial charge in [-0.2, -0.15) is 9.97 Å². The maximum absolute atomic E-state index is 15.3. The fourth-order valence-electron chi connectivity index (χ4n) is 3.12. The van der Waals surface area contributed by atoms with Gasteiger partial charge in [-0.3, -0.25) is 4.57 Å². The highest BCUT2D eigenvalue weighted by molar-refractivity contribution is 7.11. The fraction of sp³-hybridized carbons (Fsp3) is 0.389. The standard InChI is InChI=1S/C18H18ClFN6O9S/c1-34-7(9(27)10(20)26-5-22-8-11(21)24-17(19)25-12(8)26)3-35-18(15(30)31,16(32)33)2-6-4-36-13(23-6)14(28)29/h4-5,7,9-10,27H,2-3H2,1H3,(H,28,29)(H,30,31)(H,32,33)(H2,21,24,25)/t7-,9-,10-/m1/s1. The lowest BCUT2D eigenvalue weighted by atomic mass is 9.97. The Morgan fingerprint density at radius 3 is 2.47 bits per heavy atom. The number of carboxylic acid groups (broad SMARTS) is 3. The number of ether oxygens (including phenoxy) is 2. The number of nitrogen functional groups attached to an aromatic ring is 1. The molecule has 3 heterocycles. The van der Waals surface area contributed by atoms with E-state index in [1.165, 1.54) is 0 Å². The number of carboxylic acids is 3. The number of nitrogens with two attached hydrogens (primary N) is 1. The summed E-state index contributed by atoms with van der Waals surface area (Å²) in [7, 11) is 1.05. The monoisotopic (exact) mass is 548 g/mol. The van der Waals surface area contributed by atoms with Gasteiger partial charge in [0.2, 0.25) is 16.6 Å². The lowest BCUT2D eigenvalue weighted by Crippen LogP contribution is -2.53. The molecule has 15 nitrogen and oxygen atoms in total. The van der Waals surface area contributed by atoms with Crippen LogP contribution in [-0.2, 0) is 25.5 Å². The summed E-state index contributed by atoms with van der Waals surface area (Å²) in [6.07, 6.45) is -5.83. The van der Waals surface area contributed by atoms with E-state index < -0.39 is 60.0 Å². The smallest absolute Gasteiger partial charge is 0.365 e. The zero-order valence-electron chi connectivity index (χ0n) is 18.1. The number of hydrogen-bond donors (Lipinski definition) is 5. The highest BCUT2D eigenvalue weighted by atomic mass is 35.5. The highest BCUT2D eigenvalue weighted by Gasteiger charge is 2.50. The van der Waals surface area contributed by atoms with Crippen molar-refractivity contribution in [1.82, 2.24) is 24.5 Å². The normalized spacial score (nSPS) is 14.4. The molecule has 0 bridgehead atoms. The Labute approximate surface area is 208 Å². The molecular weight excluding hydrogens is 531 g/mol. The average Bonchev–Trinajstić information content (AvgIpc) is 3.45. The minimum Gasteiger partial charge on any atom is -0.479 e. The average molecular weight is 549 g/mol. The lowest BCUT2D eigenvalue weighted by Gasteiger charge is -2.29. The molecule has 3 atom stereocenters. The fourth-order valence-corrected chi connectivity index (χ4v) is 3.95. The van der Waals surface area contributed by atoms with Crippen LogP contribution < -0.4 is 5.73 Å². The molecule has 0 radical (unpaired) electrons. The number of alkyl halides is 1. The zero-order valence-corrected chi connectivity index (χ0v) is 19.7. The van der Waals surface area contributed by atoms with Crippen LogP contribution in [0.15, 0.2) is 11.7 Å². The summed E-state index contributed by atoms with van der Waals surface area (Å²) < 4.78 is 26.2. The van der Waals surface area contributed by atoms with Gasteiger partial charge < -0.3 is 35.6 Å². The molecule has 3 rings (SSSR count). The predicted molar refractivity (Wildman–Crippen MR) is 118 cm³/mol. The van der Waals surface area contributed by atoms with Crippen LogP contribution in [0.3, 0.4) is 0 Å². The Balaban J connectivity index is 1.84. The third kappa shape index (κ3) is 5.19. The second-order valence-corrected chi connectivity index (χ2v) is 8.41. The first-order valence-corrected chi connectivity index (χ1v) is 11.0. The van der Waals surface area contributed by atoms with Gasteiger partial charge in [-0.05, 0) is 11.6 Å². The molecule has 0 aliphatic heterocycles. The molecule has 0 amide bonds. The largest absolute Gasteiger partial charge is 0.479 e. The van der Waals surface area contributed by atoms with E-state index in [9.17, 15) is 29.7 Å². The van der Waals surface area contributed by atoms with E-state index in [0.29, 0.717) is 11.3 Å². The van der Waals surface area contributed by atoms with Crippen LogP contribution in [0.4, 0.5) is 10.2 Å². The van der Waals surface area contributed by atoms with E-state index in [4.69, 9.17) is 31.9 Å². The van der Waals surface area contributed by atoms with Gasteiger partial charge in [0, 0.05) is 18.9 Å². The van der Waals surface area contributed by atoms with Crippen LogP contribution in [0.5, 0.6) is 0 Å². The summed E-state index contributed by atoms with van der Waals surface area (Å²) in [4.78, 5) is 50.0. The number of aliphatic carboxylic acids is 2. The van der Waals surface area contributed by atoms with Gasteiger partial charge in [0.15, 0.2) is 11.5 Å². The SMILES string of the molecule is CO[C@H](COC(Cc1csc(C(=O)O)n1)(C(=O)O)C(=O)O)[C@@H](O)[C@H](F)n1cnc2c(N)nc(Cl)nc21. The molecule has 0 spiro atoms. The van der Waals surface area contributed by atoms with Crippen LogP contribution in [0, 0.1) is 0 Å². The van der Waals surface area contributed by atoms with Crippen LogP contribution >= 0.6 is 22.9 Å². The zero-order chi connectivity index (χ0) is 26.8. The van der Waals surface area contributed by atoms with Gasteiger partial charge in [0.05, 0.1) is 18.6 Å². The first-order valence-electron chi connectivity index (χ1n) is 9.70. The van der Waals surface area contributed by atoms with Crippen LogP contribution in [-0.4, -0.2) is 94.4 Å². The third-order valence-electron chi connectivity index (χ3n) is 5.00. The Morgan fingerprint density at radius 1 is 1.25 bits per heavy atom. The van der Waals surface area contributed by atoms with Gasteiger partial charge in [0.1, 0.15) is 17.7 Å². The molecule has 0 saturated carbocycles. The number of carbonyl (C=O) groups is 3. The van der Waals surface area contributed by atoms with Gasteiger partial charge in [-0.15, -0.1) is 11.3 Å². The minimum atomic E-state index is -2.96. The lowest BCUT2D eigenvalue weighted by molar-refractivity contribution is -0.192. The summed E-state index contributed by atoms with van der Waals surface area (Å²) in [6, 6.07) is 0. The van der Waals surface area contributed by atoms with Gasteiger partial charge in [-0.25, -0.2) is 28.7 Å².